The SMILES string of the molecule is CC(C)(O)C(=O)NC1CCC(c2nnc(-c3cnc(-c4ccc5cc(C#N)cnn45)cc3NC3COC3)s2)CC1. The minimum absolute atomic E-state index is 0.0610. The van der Waals surface area contributed by atoms with Crippen LogP contribution in [0.5, 0.6) is 0 Å². The van der Waals surface area contributed by atoms with Crippen molar-refractivity contribution in [2.24, 2.45) is 0 Å². The summed E-state index contributed by atoms with van der Waals surface area (Å²) in [4.78, 5) is 16.9. The number of nitrogens with zero attached hydrogens (tertiary/aromatic N) is 6. The average molecular weight is 559 g/mol. The number of anilines is 1. The van der Waals surface area contributed by atoms with E-state index < -0.39 is 5.60 Å². The van der Waals surface area contributed by atoms with E-state index in [0.29, 0.717) is 18.8 Å². The summed E-state index contributed by atoms with van der Waals surface area (Å²) in [7, 11) is 0. The monoisotopic (exact) mass is 558 g/mol. The van der Waals surface area contributed by atoms with Crippen LogP contribution >= 0.6 is 11.3 Å². The molecule has 12 heteroatoms. The normalized spacial score (nSPS) is 19.6. The zero-order chi connectivity index (χ0) is 27.9. The summed E-state index contributed by atoms with van der Waals surface area (Å²) in [5.41, 5.74) is 3.31. The number of ether oxygens (including phenoxy) is 1. The molecule has 4 aromatic rings. The molecule has 2 aliphatic rings. The van der Waals surface area contributed by atoms with Crippen molar-refractivity contribution in [1.82, 2.24) is 30.1 Å². The predicted octanol–water partition coefficient (Wildman–Crippen LogP) is 3.51. The second kappa shape index (κ2) is 10.6. The van der Waals surface area contributed by atoms with Crippen molar-refractivity contribution >= 4 is 28.4 Å². The lowest BCUT2D eigenvalue weighted by atomic mass is 9.86. The van der Waals surface area contributed by atoms with Gasteiger partial charge >= 0.3 is 0 Å². The maximum Gasteiger partial charge on any atom is 0.251 e. The van der Waals surface area contributed by atoms with Crippen LogP contribution in [-0.4, -0.2) is 66.7 Å². The van der Waals surface area contributed by atoms with E-state index in [1.165, 1.54) is 13.8 Å². The molecule has 0 unspecified atom stereocenters. The third kappa shape index (κ3) is 5.28. The molecule has 0 aromatic carbocycles. The van der Waals surface area contributed by atoms with Crippen molar-refractivity contribution in [2.75, 3.05) is 18.5 Å². The first-order valence-corrected chi connectivity index (χ1v) is 14.2. The highest BCUT2D eigenvalue weighted by Crippen LogP contribution is 2.39. The van der Waals surface area contributed by atoms with Crippen LogP contribution in [0.3, 0.4) is 0 Å². The maximum atomic E-state index is 12.2. The molecule has 4 aromatic heterocycles. The van der Waals surface area contributed by atoms with Gasteiger partial charge in [-0.2, -0.15) is 10.4 Å². The zero-order valence-corrected chi connectivity index (χ0v) is 23.1. The molecule has 6 rings (SSSR count). The quantitative estimate of drug-likeness (QED) is 0.310. The molecule has 0 spiro atoms. The van der Waals surface area contributed by atoms with Gasteiger partial charge in [-0.1, -0.05) is 11.3 Å². The molecular weight excluding hydrogens is 528 g/mol. The van der Waals surface area contributed by atoms with Gasteiger partial charge in [0.25, 0.3) is 5.91 Å². The number of hydrogen-bond acceptors (Lipinski definition) is 10. The number of amides is 1. The number of hydrogen-bond donors (Lipinski definition) is 3. The van der Waals surface area contributed by atoms with Crippen molar-refractivity contribution in [3.63, 3.8) is 0 Å². The van der Waals surface area contributed by atoms with Crippen molar-refractivity contribution in [3.05, 3.63) is 47.2 Å². The van der Waals surface area contributed by atoms with Crippen molar-refractivity contribution in [2.45, 2.75) is 63.1 Å². The Kier molecular flexibility index (Phi) is 6.95. The number of aromatic nitrogens is 5. The van der Waals surface area contributed by atoms with Crippen molar-refractivity contribution in [1.29, 1.82) is 5.26 Å². The first-order valence-electron chi connectivity index (χ1n) is 13.4. The van der Waals surface area contributed by atoms with Gasteiger partial charge in [0.05, 0.1) is 53.5 Å². The number of pyridine rings is 1. The van der Waals surface area contributed by atoms with E-state index in [1.807, 2.05) is 24.4 Å². The van der Waals surface area contributed by atoms with E-state index in [1.54, 1.807) is 28.1 Å². The Labute approximate surface area is 235 Å². The van der Waals surface area contributed by atoms with E-state index in [0.717, 1.165) is 63.9 Å². The standard InChI is InChI=1S/C28H30N8O3S/c1-28(2,38)27(37)33-18-5-3-17(4-6-18)25-34-35-26(40-25)21-13-30-23(10-22(21)32-19-14-39-15-19)24-8-7-20-9-16(11-29)12-31-36(20)24/h7-10,12-13,17-19,38H,3-6,14-15H2,1-2H3,(H,30,32)(H,33,37). The predicted molar refractivity (Wildman–Crippen MR) is 150 cm³/mol. The van der Waals surface area contributed by atoms with Crippen LogP contribution < -0.4 is 10.6 Å². The number of carbonyl (C=O) groups is 1. The summed E-state index contributed by atoms with van der Waals surface area (Å²) >= 11 is 1.58. The van der Waals surface area contributed by atoms with Gasteiger partial charge in [0.2, 0.25) is 0 Å². The molecule has 0 radical (unpaired) electrons. The van der Waals surface area contributed by atoms with Gasteiger partial charge in [0, 0.05) is 23.8 Å². The molecule has 1 aliphatic heterocycles. The molecule has 0 atom stereocenters. The van der Waals surface area contributed by atoms with Crippen LogP contribution in [0, 0.1) is 11.3 Å². The minimum Gasteiger partial charge on any atom is -0.381 e. The Morgan fingerprint density at radius 3 is 2.65 bits per heavy atom. The fourth-order valence-electron chi connectivity index (χ4n) is 5.03. The van der Waals surface area contributed by atoms with Gasteiger partial charge in [-0.3, -0.25) is 9.78 Å². The maximum absolute atomic E-state index is 12.2. The fourth-order valence-corrected chi connectivity index (χ4v) is 6.07. The summed E-state index contributed by atoms with van der Waals surface area (Å²) in [6.07, 6.45) is 6.84. The van der Waals surface area contributed by atoms with Crippen LogP contribution in [0.4, 0.5) is 5.69 Å². The third-order valence-electron chi connectivity index (χ3n) is 7.43. The summed E-state index contributed by atoms with van der Waals surface area (Å²) in [6.45, 7) is 4.28. The number of fused-ring (bicyclic) bond motifs is 1. The van der Waals surface area contributed by atoms with Crippen LogP contribution in [0.25, 0.3) is 27.5 Å². The second-order valence-corrected chi connectivity index (χ2v) is 11.9. The van der Waals surface area contributed by atoms with Crippen LogP contribution in [-0.2, 0) is 9.53 Å². The molecule has 40 heavy (non-hydrogen) atoms. The lowest BCUT2D eigenvalue weighted by Crippen LogP contribution is -2.47. The van der Waals surface area contributed by atoms with E-state index in [-0.39, 0.29) is 23.9 Å². The number of aliphatic hydroxyl groups is 1. The van der Waals surface area contributed by atoms with Gasteiger partial charge < -0.3 is 20.5 Å². The topological polar surface area (TPSA) is 150 Å². The number of rotatable bonds is 7. The summed E-state index contributed by atoms with van der Waals surface area (Å²) in [5.74, 6) is -0.0560. The van der Waals surface area contributed by atoms with Gasteiger partial charge in [0.15, 0.2) is 5.01 Å². The van der Waals surface area contributed by atoms with Gasteiger partial charge in [0.1, 0.15) is 16.7 Å². The van der Waals surface area contributed by atoms with Gasteiger partial charge in [-0.05, 0) is 63.8 Å². The summed E-state index contributed by atoms with van der Waals surface area (Å²) in [5, 5.41) is 41.0. The minimum atomic E-state index is -1.38. The molecule has 5 heterocycles. The smallest absolute Gasteiger partial charge is 0.251 e. The lowest BCUT2D eigenvalue weighted by molar-refractivity contribution is -0.137. The highest BCUT2D eigenvalue weighted by molar-refractivity contribution is 7.14. The van der Waals surface area contributed by atoms with Crippen molar-refractivity contribution < 1.29 is 14.6 Å². The molecule has 2 fully saturated rings. The lowest BCUT2D eigenvalue weighted by Gasteiger charge is -2.29. The van der Waals surface area contributed by atoms with E-state index >= 15 is 0 Å². The van der Waals surface area contributed by atoms with E-state index in [4.69, 9.17) is 9.72 Å². The second-order valence-electron chi connectivity index (χ2n) is 10.9. The van der Waals surface area contributed by atoms with Gasteiger partial charge in [-0.15, -0.1) is 10.2 Å². The first kappa shape index (κ1) is 26.3. The molecule has 206 valence electrons. The summed E-state index contributed by atoms with van der Waals surface area (Å²) < 4.78 is 7.17. The highest BCUT2D eigenvalue weighted by atomic mass is 32.1. The van der Waals surface area contributed by atoms with Crippen LogP contribution in [0.2, 0.25) is 0 Å². The number of nitriles is 1. The Hall–Kier alpha value is -3.92. The molecule has 1 aliphatic carbocycles. The molecule has 11 nitrogen and oxygen atoms in total. The van der Waals surface area contributed by atoms with E-state index in [9.17, 15) is 15.2 Å². The number of nitrogens with one attached hydrogen (secondary N) is 2. The van der Waals surface area contributed by atoms with E-state index in [2.05, 4.69) is 32.0 Å². The molecule has 1 amide bonds. The largest absolute Gasteiger partial charge is 0.381 e. The fraction of sp³-hybridized carbons (Fsp3) is 0.429. The Balaban J connectivity index is 1.23. The summed E-state index contributed by atoms with van der Waals surface area (Å²) in [6, 6.07) is 10.1. The third-order valence-corrected chi connectivity index (χ3v) is 8.55. The number of carbonyl (C=O) groups excluding carboxylic acids is 1. The molecule has 0 bridgehead atoms. The van der Waals surface area contributed by atoms with Crippen LogP contribution in [0.15, 0.2) is 36.7 Å². The first-order chi connectivity index (χ1) is 19.3. The Morgan fingerprint density at radius 1 is 1.15 bits per heavy atom. The highest BCUT2D eigenvalue weighted by Gasteiger charge is 2.30. The molecule has 3 N–H and O–H groups in total. The van der Waals surface area contributed by atoms with Crippen molar-refractivity contribution in [3.8, 4) is 28.0 Å². The van der Waals surface area contributed by atoms with Gasteiger partial charge in [-0.25, -0.2) is 4.52 Å². The molecule has 1 saturated carbocycles. The Bertz CT molecular complexity index is 1590. The molecular formula is C28H30N8O3S. The Morgan fingerprint density at radius 2 is 1.95 bits per heavy atom. The average Bonchev–Trinajstić information content (AvgIpc) is 3.58. The zero-order valence-electron chi connectivity index (χ0n) is 22.3. The molecule has 1 saturated heterocycles. The van der Waals surface area contributed by atoms with Crippen LogP contribution in [0.1, 0.15) is 56.0 Å².